The first-order valence-electron chi connectivity index (χ1n) is 3.76. The summed E-state index contributed by atoms with van der Waals surface area (Å²) in [5.74, 6) is -0.359. The molecule has 0 aliphatic carbocycles. The second-order valence-electron chi connectivity index (χ2n) is 2.50. The van der Waals surface area contributed by atoms with Crippen LogP contribution in [0, 0.1) is 0 Å². The molecule has 0 saturated heterocycles. The molecule has 1 rings (SSSR count). The summed E-state index contributed by atoms with van der Waals surface area (Å²) >= 11 is 3.27. The van der Waals surface area contributed by atoms with E-state index in [4.69, 9.17) is 5.73 Å². The van der Waals surface area contributed by atoms with Gasteiger partial charge in [0.15, 0.2) is 0 Å². The summed E-state index contributed by atoms with van der Waals surface area (Å²) in [4.78, 5) is 11.2. The maximum Gasteiger partial charge on any atom is 0.338 e. The van der Waals surface area contributed by atoms with Crippen LogP contribution in [-0.4, -0.2) is 13.1 Å². The fourth-order valence-corrected chi connectivity index (χ4v) is 1.39. The Morgan fingerprint density at radius 2 is 2.31 bits per heavy atom. The second kappa shape index (κ2) is 4.39. The van der Waals surface area contributed by atoms with Crippen LogP contribution < -0.4 is 5.73 Å². The molecule has 0 amide bonds. The van der Waals surface area contributed by atoms with Crippen molar-refractivity contribution in [1.29, 1.82) is 0 Å². The first-order chi connectivity index (χ1) is 6.19. The van der Waals surface area contributed by atoms with E-state index in [2.05, 4.69) is 20.7 Å². The Morgan fingerprint density at radius 3 is 2.85 bits per heavy atom. The number of carbonyl (C=O) groups is 1. The molecule has 0 spiro atoms. The maximum atomic E-state index is 11.2. The van der Waals surface area contributed by atoms with Crippen molar-refractivity contribution in [3.8, 4) is 0 Å². The van der Waals surface area contributed by atoms with Crippen molar-refractivity contribution >= 4 is 21.9 Å². The molecule has 70 valence electrons. The van der Waals surface area contributed by atoms with Crippen LogP contribution in [0.15, 0.2) is 22.7 Å². The van der Waals surface area contributed by atoms with E-state index >= 15 is 0 Å². The van der Waals surface area contributed by atoms with Gasteiger partial charge >= 0.3 is 5.97 Å². The smallest absolute Gasteiger partial charge is 0.338 e. The second-order valence-corrected chi connectivity index (χ2v) is 3.41. The predicted molar refractivity (Wildman–Crippen MR) is 53.4 cm³/mol. The Balaban J connectivity index is 3.15. The van der Waals surface area contributed by atoms with Crippen molar-refractivity contribution in [1.82, 2.24) is 0 Å². The topological polar surface area (TPSA) is 52.3 Å². The summed E-state index contributed by atoms with van der Waals surface area (Å²) in [6.45, 7) is 0.331. The van der Waals surface area contributed by atoms with Crippen LogP contribution in [0.25, 0.3) is 0 Å². The van der Waals surface area contributed by atoms with E-state index < -0.39 is 0 Å². The monoisotopic (exact) mass is 243 g/mol. The summed E-state index contributed by atoms with van der Waals surface area (Å²) in [7, 11) is 1.35. The molecule has 2 N–H and O–H groups in total. The molecule has 0 aliphatic heterocycles. The van der Waals surface area contributed by atoms with Gasteiger partial charge in [-0.3, -0.25) is 0 Å². The molecule has 0 fully saturated rings. The minimum atomic E-state index is -0.359. The van der Waals surface area contributed by atoms with Crippen LogP contribution >= 0.6 is 15.9 Å². The molecule has 1 aromatic rings. The van der Waals surface area contributed by atoms with E-state index in [1.54, 1.807) is 12.1 Å². The molecule has 0 bridgehead atoms. The zero-order valence-electron chi connectivity index (χ0n) is 7.21. The van der Waals surface area contributed by atoms with Gasteiger partial charge in [0, 0.05) is 11.0 Å². The highest BCUT2D eigenvalue weighted by Gasteiger charge is 2.10. The standard InChI is InChI=1S/C9H10BrNO2/c1-13-9(12)8-4-7(10)3-2-6(8)5-11/h2-4H,5,11H2,1H3. The lowest BCUT2D eigenvalue weighted by Gasteiger charge is -2.05. The quantitative estimate of drug-likeness (QED) is 0.805. The van der Waals surface area contributed by atoms with Crippen LogP contribution in [0.3, 0.4) is 0 Å². The average molecular weight is 244 g/mol. The summed E-state index contributed by atoms with van der Waals surface area (Å²) in [5, 5.41) is 0. The summed E-state index contributed by atoms with van der Waals surface area (Å²) in [6.07, 6.45) is 0. The summed E-state index contributed by atoms with van der Waals surface area (Å²) in [5.41, 5.74) is 6.77. The van der Waals surface area contributed by atoms with E-state index in [0.29, 0.717) is 12.1 Å². The number of hydrogen-bond acceptors (Lipinski definition) is 3. The number of esters is 1. The highest BCUT2D eigenvalue weighted by molar-refractivity contribution is 9.10. The third-order valence-corrected chi connectivity index (χ3v) is 2.19. The van der Waals surface area contributed by atoms with E-state index in [-0.39, 0.29) is 5.97 Å². The van der Waals surface area contributed by atoms with E-state index in [0.717, 1.165) is 10.0 Å². The number of halogens is 1. The molecule has 0 atom stereocenters. The number of ether oxygens (including phenoxy) is 1. The zero-order chi connectivity index (χ0) is 9.84. The van der Waals surface area contributed by atoms with Crippen molar-refractivity contribution in [3.05, 3.63) is 33.8 Å². The van der Waals surface area contributed by atoms with E-state index in [1.165, 1.54) is 7.11 Å². The van der Waals surface area contributed by atoms with Crippen molar-refractivity contribution in [2.45, 2.75) is 6.54 Å². The molecular weight excluding hydrogens is 234 g/mol. The molecule has 0 radical (unpaired) electrons. The van der Waals surface area contributed by atoms with Gasteiger partial charge in [0.2, 0.25) is 0 Å². The lowest BCUT2D eigenvalue weighted by molar-refractivity contribution is 0.0599. The minimum Gasteiger partial charge on any atom is -0.465 e. The Morgan fingerprint density at radius 1 is 1.62 bits per heavy atom. The fraction of sp³-hybridized carbons (Fsp3) is 0.222. The molecule has 0 unspecified atom stereocenters. The number of nitrogens with two attached hydrogens (primary N) is 1. The first kappa shape index (κ1) is 10.2. The van der Waals surface area contributed by atoms with Gasteiger partial charge in [0.25, 0.3) is 0 Å². The van der Waals surface area contributed by atoms with Crippen molar-refractivity contribution < 1.29 is 9.53 Å². The largest absolute Gasteiger partial charge is 0.465 e. The Labute approximate surface area is 85.0 Å². The molecular formula is C9H10BrNO2. The van der Waals surface area contributed by atoms with Crippen LogP contribution in [0.5, 0.6) is 0 Å². The molecule has 0 aromatic heterocycles. The van der Waals surface area contributed by atoms with Gasteiger partial charge in [-0.05, 0) is 17.7 Å². The van der Waals surface area contributed by atoms with Crippen LogP contribution in [-0.2, 0) is 11.3 Å². The molecule has 0 aliphatic rings. The molecule has 1 aromatic carbocycles. The van der Waals surface area contributed by atoms with Crippen molar-refractivity contribution in [3.63, 3.8) is 0 Å². The number of hydrogen-bond donors (Lipinski definition) is 1. The van der Waals surface area contributed by atoms with Gasteiger partial charge in [-0.15, -0.1) is 0 Å². The Bertz CT molecular complexity index is 325. The van der Waals surface area contributed by atoms with Crippen LogP contribution in [0.2, 0.25) is 0 Å². The zero-order valence-corrected chi connectivity index (χ0v) is 8.80. The van der Waals surface area contributed by atoms with Gasteiger partial charge in [0.05, 0.1) is 12.7 Å². The SMILES string of the molecule is COC(=O)c1cc(Br)ccc1CN. The molecule has 3 nitrogen and oxygen atoms in total. The van der Waals surface area contributed by atoms with Crippen molar-refractivity contribution in [2.75, 3.05) is 7.11 Å². The lowest BCUT2D eigenvalue weighted by Crippen LogP contribution is -2.08. The number of methoxy groups -OCH3 is 1. The highest BCUT2D eigenvalue weighted by atomic mass is 79.9. The molecule has 0 heterocycles. The van der Waals surface area contributed by atoms with Gasteiger partial charge in [-0.1, -0.05) is 22.0 Å². The van der Waals surface area contributed by atoms with Gasteiger partial charge in [-0.2, -0.15) is 0 Å². The Kier molecular flexibility index (Phi) is 3.45. The highest BCUT2D eigenvalue weighted by Crippen LogP contribution is 2.17. The average Bonchev–Trinajstić information content (AvgIpc) is 2.16. The number of carbonyl (C=O) groups excluding carboxylic acids is 1. The van der Waals surface area contributed by atoms with E-state index in [9.17, 15) is 4.79 Å². The van der Waals surface area contributed by atoms with E-state index in [1.807, 2.05) is 6.07 Å². The number of rotatable bonds is 2. The molecule has 0 saturated carbocycles. The molecule has 4 heteroatoms. The van der Waals surface area contributed by atoms with Gasteiger partial charge in [-0.25, -0.2) is 4.79 Å². The first-order valence-corrected chi connectivity index (χ1v) is 4.55. The fourth-order valence-electron chi connectivity index (χ4n) is 1.03. The summed E-state index contributed by atoms with van der Waals surface area (Å²) < 4.78 is 5.46. The minimum absolute atomic E-state index is 0.331. The van der Waals surface area contributed by atoms with Gasteiger partial charge < -0.3 is 10.5 Å². The normalized spacial score (nSPS) is 9.77. The predicted octanol–water partition coefficient (Wildman–Crippen LogP) is 1.69. The van der Waals surface area contributed by atoms with Crippen LogP contribution in [0.1, 0.15) is 15.9 Å². The third-order valence-electron chi connectivity index (χ3n) is 1.70. The maximum absolute atomic E-state index is 11.2. The third kappa shape index (κ3) is 2.29. The molecule has 13 heavy (non-hydrogen) atoms. The van der Waals surface area contributed by atoms with Crippen molar-refractivity contribution in [2.24, 2.45) is 5.73 Å². The van der Waals surface area contributed by atoms with Gasteiger partial charge in [0.1, 0.15) is 0 Å². The Hall–Kier alpha value is -0.870. The lowest BCUT2D eigenvalue weighted by atomic mass is 10.1. The number of benzene rings is 1. The summed E-state index contributed by atoms with van der Waals surface area (Å²) in [6, 6.07) is 5.35. The van der Waals surface area contributed by atoms with Crippen LogP contribution in [0.4, 0.5) is 0 Å².